The second-order valence-electron chi connectivity index (χ2n) is 8.36. The summed E-state index contributed by atoms with van der Waals surface area (Å²) < 4.78 is 5.82. The third-order valence-corrected chi connectivity index (χ3v) is 6.31. The Morgan fingerprint density at radius 1 is 1.14 bits per heavy atom. The van der Waals surface area contributed by atoms with Gasteiger partial charge in [0, 0.05) is 23.5 Å². The van der Waals surface area contributed by atoms with Gasteiger partial charge in [0.05, 0.1) is 6.61 Å². The van der Waals surface area contributed by atoms with Crippen molar-refractivity contribution in [3.63, 3.8) is 0 Å². The first-order valence-corrected chi connectivity index (χ1v) is 13.3. The van der Waals surface area contributed by atoms with Crippen molar-refractivity contribution in [2.75, 3.05) is 18.6 Å². The number of hydrogen-bond donors (Lipinski definition) is 2. The molecule has 3 rings (SSSR count). The molecular formula is C29H33N2NaO4S. The molecule has 0 radical (unpaired) electrons. The number of carboxylic acid groups (broad SMARTS) is 1. The first-order valence-electron chi connectivity index (χ1n) is 11.9. The number of benzene rings is 2. The summed E-state index contributed by atoms with van der Waals surface area (Å²) in [6.45, 7) is 4.67. The number of pyridine rings is 1. The van der Waals surface area contributed by atoms with Gasteiger partial charge < -0.3 is 15.2 Å². The van der Waals surface area contributed by atoms with Crippen LogP contribution in [0.2, 0.25) is 0 Å². The quantitative estimate of drug-likeness (QED) is 0.310. The van der Waals surface area contributed by atoms with Crippen LogP contribution in [-0.4, -0.2) is 76.2 Å². The molecule has 1 amide bonds. The van der Waals surface area contributed by atoms with Crippen LogP contribution in [0, 0.1) is 6.92 Å². The molecule has 1 aromatic heterocycles. The van der Waals surface area contributed by atoms with Crippen LogP contribution in [0.5, 0.6) is 5.75 Å². The van der Waals surface area contributed by atoms with Crippen molar-refractivity contribution >= 4 is 65.3 Å². The van der Waals surface area contributed by atoms with Crippen LogP contribution >= 0.6 is 11.8 Å². The van der Waals surface area contributed by atoms with E-state index in [9.17, 15) is 14.7 Å². The van der Waals surface area contributed by atoms with Crippen LogP contribution in [0.3, 0.4) is 0 Å². The van der Waals surface area contributed by atoms with Gasteiger partial charge in [-0.25, -0.2) is 4.79 Å². The summed E-state index contributed by atoms with van der Waals surface area (Å²) in [6.07, 6.45) is 10.5. The number of thioether (sulfide) groups is 1. The SMILES string of the molecule is CCCOc1ccncc1C=Cc1ccc(C(=O)NC(CCSC)C(=O)O)c(-c2ccccc2C)c1.[NaH]. The fourth-order valence-corrected chi connectivity index (χ4v) is 4.21. The second kappa shape index (κ2) is 15.6. The number of hydrogen-bond acceptors (Lipinski definition) is 5. The van der Waals surface area contributed by atoms with E-state index in [0.717, 1.165) is 40.0 Å². The molecule has 6 nitrogen and oxygen atoms in total. The summed E-state index contributed by atoms with van der Waals surface area (Å²) in [5.41, 5.74) is 4.88. The molecule has 37 heavy (non-hydrogen) atoms. The van der Waals surface area contributed by atoms with E-state index < -0.39 is 17.9 Å². The number of amides is 1. The number of carbonyl (C=O) groups excluding carboxylic acids is 1. The minimum atomic E-state index is -1.04. The van der Waals surface area contributed by atoms with E-state index >= 15 is 0 Å². The number of carbonyl (C=O) groups is 2. The Morgan fingerprint density at radius 2 is 1.92 bits per heavy atom. The van der Waals surface area contributed by atoms with Gasteiger partial charge in [0.15, 0.2) is 0 Å². The standard InChI is InChI=1S/C29H32N2O4S.Na.H/c1-4-16-35-27-13-15-30-19-22(27)11-9-21-10-12-24(25(18-21)23-8-6-5-7-20(23)2)28(32)31-26(29(33)34)14-17-36-3;;/h5-13,15,18-19,26H,4,14,16-17H2,1-3H3,(H,31,32)(H,33,34);;. The summed E-state index contributed by atoms with van der Waals surface area (Å²) >= 11 is 1.55. The number of ether oxygens (including phenoxy) is 1. The van der Waals surface area contributed by atoms with E-state index in [4.69, 9.17) is 4.74 Å². The first kappa shape index (κ1) is 30.6. The third-order valence-electron chi connectivity index (χ3n) is 5.66. The van der Waals surface area contributed by atoms with E-state index in [0.29, 0.717) is 24.3 Å². The first-order chi connectivity index (χ1) is 17.4. The van der Waals surface area contributed by atoms with Crippen molar-refractivity contribution in [2.24, 2.45) is 0 Å². The number of aryl methyl sites for hydroxylation is 1. The van der Waals surface area contributed by atoms with Crippen molar-refractivity contribution in [3.8, 4) is 16.9 Å². The molecule has 0 bridgehead atoms. The molecule has 1 atom stereocenters. The van der Waals surface area contributed by atoms with Crippen molar-refractivity contribution < 1.29 is 19.4 Å². The zero-order valence-electron chi connectivity index (χ0n) is 20.9. The summed E-state index contributed by atoms with van der Waals surface area (Å²) in [5.74, 6) is -0.0286. The summed E-state index contributed by atoms with van der Waals surface area (Å²) in [7, 11) is 0. The van der Waals surface area contributed by atoms with Gasteiger partial charge in [0.2, 0.25) is 0 Å². The summed E-state index contributed by atoms with van der Waals surface area (Å²) in [4.78, 5) is 29.1. The molecule has 0 spiro atoms. The normalized spacial score (nSPS) is 11.5. The molecule has 0 saturated heterocycles. The van der Waals surface area contributed by atoms with Gasteiger partial charge in [-0.3, -0.25) is 9.78 Å². The van der Waals surface area contributed by atoms with Gasteiger partial charge in [-0.15, -0.1) is 0 Å². The molecule has 0 aliphatic carbocycles. The molecule has 2 N–H and O–H groups in total. The molecule has 2 aromatic carbocycles. The maximum atomic E-state index is 13.2. The van der Waals surface area contributed by atoms with Crippen molar-refractivity contribution in [3.05, 3.63) is 83.2 Å². The topological polar surface area (TPSA) is 88.5 Å². The van der Waals surface area contributed by atoms with Crippen LogP contribution in [0.1, 0.15) is 46.8 Å². The molecule has 3 aromatic rings. The molecule has 0 fully saturated rings. The van der Waals surface area contributed by atoms with Gasteiger partial charge in [-0.2, -0.15) is 11.8 Å². The number of aliphatic carboxylic acids is 1. The van der Waals surface area contributed by atoms with E-state index in [1.165, 1.54) is 0 Å². The van der Waals surface area contributed by atoms with Gasteiger partial charge >= 0.3 is 35.5 Å². The molecule has 8 heteroatoms. The van der Waals surface area contributed by atoms with E-state index in [1.807, 2.05) is 67.8 Å². The van der Waals surface area contributed by atoms with Crippen LogP contribution in [0.4, 0.5) is 0 Å². The number of rotatable bonds is 12. The molecule has 0 aliphatic heterocycles. The number of carboxylic acids is 1. The Kier molecular flexibility index (Phi) is 12.9. The Balaban J connectivity index is 0.00000481. The zero-order valence-corrected chi connectivity index (χ0v) is 21.7. The van der Waals surface area contributed by atoms with Crippen LogP contribution < -0.4 is 10.1 Å². The maximum absolute atomic E-state index is 13.2. The van der Waals surface area contributed by atoms with E-state index in [2.05, 4.69) is 17.2 Å². The fourth-order valence-electron chi connectivity index (χ4n) is 3.74. The molecule has 0 saturated carbocycles. The molecule has 190 valence electrons. The Bertz CT molecular complexity index is 1230. The number of nitrogens with zero attached hydrogens (tertiary/aromatic N) is 1. The number of nitrogens with one attached hydrogen (secondary N) is 1. The van der Waals surface area contributed by atoms with Crippen LogP contribution in [0.25, 0.3) is 23.3 Å². The third kappa shape index (κ3) is 8.75. The monoisotopic (exact) mass is 528 g/mol. The summed E-state index contributed by atoms with van der Waals surface area (Å²) in [6, 6.07) is 14.3. The predicted octanol–water partition coefficient (Wildman–Crippen LogP) is 5.30. The van der Waals surface area contributed by atoms with Crippen LogP contribution in [0.15, 0.2) is 60.9 Å². The van der Waals surface area contributed by atoms with Crippen molar-refractivity contribution in [1.82, 2.24) is 10.3 Å². The summed E-state index contributed by atoms with van der Waals surface area (Å²) in [5, 5.41) is 12.3. The van der Waals surface area contributed by atoms with Gasteiger partial charge in [-0.05, 0) is 78.3 Å². The van der Waals surface area contributed by atoms with Gasteiger partial charge in [-0.1, -0.05) is 43.3 Å². The number of aromatic nitrogens is 1. The van der Waals surface area contributed by atoms with E-state index in [-0.39, 0.29) is 29.6 Å². The van der Waals surface area contributed by atoms with Crippen LogP contribution in [-0.2, 0) is 4.79 Å². The average molecular weight is 529 g/mol. The zero-order chi connectivity index (χ0) is 25.9. The Morgan fingerprint density at radius 3 is 2.62 bits per heavy atom. The van der Waals surface area contributed by atoms with E-state index in [1.54, 1.807) is 30.2 Å². The molecular weight excluding hydrogens is 495 g/mol. The predicted molar refractivity (Wildman–Crippen MR) is 155 cm³/mol. The van der Waals surface area contributed by atoms with Gasteiger partial charge in [0.25, 0.3) is 5.91 Å². The second-order valence-corrected chi connectivity index (χ2v) is 9.35. The Hall–Kier alpha value is -2.58. The van der Waals surface area contributed by atoms with Gasteiger partial charge in [0.1, 0.15) is 11.8 Å². The molecule has 0 aliphatic rings. The Labute approximate surface area is 245 Å². The molecule has 1 unspecified atom stereocenters. The van der Waals surface area contributed by atoms with Crippen molar-refractivity contribution in [1.29, 1.82) is 0 Å². The molecule has 1 heterocycles. The average Bonchev–Trinajstić information content (AvgIpc) is 2.89. The van der Waals surface area contributed by atoms with Crippen molar-refractivity contribution in [2.45, 2.75) is 32.7 Å². The fraction of sp³-hybridized carbons (Fsp3) is 0.276. The minimum absolute atomic E-state index is 0.